The van der Waals surface area contributed by atoms with Gasteiger partial charge in [0.05, 0.1) is 0 Å². The minimum Gasteiger partial charge on any atom is -0.354 e. The fourth-order valence-electron chi connectivity index (χ4n) is 1.37. The molecule has 92 valence electrons. The number of nitrogens with zero attached hydrogens (tertiary/aromatic N) is 2. The number of hydrogen-bond donors (Lipinski definition) is 1. The number of rotatable bonds is 6. The molecule has 16 heavy (non-hydrogen) atoms. The molecule has 0 saturated heterocycles. The molecule has 4 nitrogen and oxygen atoms in total. The maximum absolute atomic E-state index is 11.2. The third-order valence-corrected chi connectivity index (χ3v) is 3.69. The van der Waals surface area contributed by atoms with Crippen LogP contribution in [0, 0.1) is 5.92 Å². The van der Waals surface area contributed by atoms with Gasteiger partial charge in [-0.1, -0.05) is 13.8 Å². The summed E-state index contributed by atoms with van der Waals surface area (Å²) in [6, 6.07) is 0. The monoisotopic (exact) mass is 243 g/mol. The van der Waals surface area contributed by atoms with Crippen molar-refractivity contribution in [3.8, 4) is 0 Å². The molecule has 1 aromatic rings. The number of hydrogen-bond acceptors (Lipinski definition) is 3. The molecule has 1 rings (SSSR count). The van der Waals surface area contributed by atoms with Crippen LogP contribution in [-0.2, 0) is 17.3 Å². The van der Waals surface area contributed by atoms with Crippen molar-refractivity contribution >= 4 is 16.7 Å². The molecule has 0 amide bonds. The largest absolute Gasteiger partial charge is 0.354 e. The Morgan fingerprint density at radius 1 is 1.50 bits per heavy atom. The van der Waals surface area contributed by atoms with Crippen LogP contribution in [0.4, 0.5) is 5.95 Å². The summed E-state index contributed by atoms with van der Waals surface area (Å²) in [4.78, 5) is 4.25. The summed E-state index contributed by atoms with van der Waals surface area (Å²) in [5.74, 6) is 1.46. The first-order valence-corrected chi connectivity index (χ1v) is 7.20. The Morgan fingerprint density at radius 3 is 2.75 bits per heavy atom. The van der Waals surface area contributed by atoms with E-state index in [1.54, 1.807) is 12.5 Å². The lowest BCUT2D eigenvalue weighted by Gasteiger charge is -2.13. The van der Waals surface area contributed by atoms with E-state index >= 15 is 0 Å². The number of aromatic nitrogens is 2. The van der Waals surface area contributed by atoms with Crippen molar-refractivity contribution in [2.75, 3.05) is 18.1 Å². The van der Waals surface area contributed by atoms with E-state index in [0.717, 1.165) is 12.5 Å². The van der Waals surface area contributed by atoms with Gasteiger partial charge in [0.1, 0.15) is 0 Å². The quantitative estimate of drug-likeness (QED) is 0.827. The molecule has 0 bridgehead atoms. The lowest BCUT2D eigenvalue weighted by Crippen LogP contribution is -2.22. The molecule has 1 aromatic heterocycles. The zero-order chi connectivity index (χ0) is 12.1. The summed E-state index contributed by atoms with van der Waals surface area (Å²) in [5, 5.41) is 3.38. The average molecular weight is 243 g/mol. The molecule has 0 fully saturated rings. The van der Waals surface area contributed by atoms with Gasteiger partial charge in [-0.05, 0) is 12.8 Å². The van der Waals surface area contributed by atoms with Gasteiger partial charge >= 0.3 is 0 Å². The maximum atomic E-state index is 11.2. The average Bonchev–Trinajstić information content (AvgIpc) is 2.60. The molecule has 0 radical (unpaired) electrons. The van der Waals surface area contributed by atoms with Crippen molar-refractivity contribution in [3.05, 3.63) is 12.4 Å². The van der Waals surface area contributed by atoms with Gasteiger partial charge in [-0.3, -0.25) is 4.21 Å². The van der Waals surface area contributed by atoms with E-state index in [4.69, 9.17) is 0 Å². The van der Waals surface area contributed by atoms with Crippen molar-refractivity contribution in [1.29, 1.82) is 0 Å². The Morgan fingerprint density at radius 2 is 2.19 bits per heavy atom. The molecular weight excluding hydrogens is 222 g/mol. The van der Waals surface area contributed by atoms with Crippen LogP contribution in [-0.4, -0.2) is 31.8 Å². The van der Waals surface area contributed by atoms with E-state index in [0.29, 0.717) is 12.5 Å². The standard InChI is InChI=1S/C11H21N3OS/c1-9(2)8-14-6-5-12-11(14)13-7-10(3)16(4)15/h5-6,9-10H,7-8H2,1-4H3,(H,12,13). The van der Waals surface area contributed by atoms with Crippen molar-refractivity contribution in [3.63, 3.8) is 0 Å². The van der Waals surface area contributed by atoms with Crippen molar-refractivity contribution in [2.45, 2.75) is 32.6 Å². The first kappa shape index (κ1) is 13.2. The molecule has 2 atom stereocenters. The molecule has 0 saturated carbocycles. The van der Waals surface area contributed by atoms with Gasteiger partial charge in [-0.2, -0.15) is 0 Å². The smallest absolute Gasteiger partial charge is 0.202 e. The van der Waals surface area contributed by atoms with Crippen LogP contribution in [0.3, 0.4) is 0 Å². The molecular formula is C11H21N3OS. The van der Waals surface area contributed by atoms with E-state index in [9.17, 15) is 4.21 Å². The summed E-state index contributed by atoms with van der Waals surface area (Å²) in [5.41, 5.74) is 0. The van der Waals surface area contributed by atoms with Crippen LogP contribution in [0.25, 0.3) is 0 Å². The minimum absolute atomic E-state index is 0.143. The highest BCUT2D eigenvalue weighted by atomic mass is 32.2. The SMILES string of the molecule is CC(C)Cn1ccnc1NCC(C)S(C)=O. The Balaban J connectivity index is 2.53. The van der Waals surface area contributed by atoms with Gasteiger partial charge in [0, 0.05) is 47.8 Å². The van der Waals surface area contributed by atoms with Crippen molar-refractivity contribution < 1.29 is 4.21 Å². The van der Waals surface area contributed by atoms with E-state index < -0.39 is 10.8 Å². The third kappa shape index (κ3) is 3.96. The van der Waals surface area contributed by atoms with E-state index in [1.807, 2.05) is 13.1 Å². The topological polar surface area (TPSA) is 46.9 Å². The van der Waals surface area contributed by atoms with Gasteiger partial charge in [0.15, 0.2) is 0 Å². The van der Waals surface area contributed by atoms with Gasteiger partial charge in [-0.25, -0.2) is 4.98 Å². The first-order valence-electron chi connectivity index (χ1n) is 5.58. The molecule has 0 spiro atoms. The summed E-state index contributed by atoms with van der Waals surface area (Å²) in [6.45, 7) is 7.96. The summed E-state index contributed by atoms with van der Waals surface area (Å²) in [6.07, 6.45) is 5.49. The van der Waals surface area contributed by atoms with Crippen molar-refractivity contribution in [2.24, 2.45) is 5.92 Å². The summed E-state index contributed by atoms with van der Waals surface area (Å²) in [7, 11) is -0.789. The molecule has 0 aliphatic heterocycles. The number of anilines is 1. The van der Waals surface area contributed by atoms with Crippen LogP contribution < -0.4 is 5.32 Å². The highest BCUT2D eigenvalue weighted by Gasteiger charge is 2.08. The van der Waals surface area contributed by atoms with Crippen LogP contribution in [0.1, 0.15) is 20.8 Å². The van der Waals surface area contributed by atoms with E-state index in [1.165, 1.54) is 0 Å². The summed E-state index contributed by atoms with van der Waals surface area (Å²) < 4.78 is 13.3. The lowest BCUT2D eigenvalue weighted by molar-refractivity contribution is 0.526. The van der Waals surface area contributed by atoms with E-state index in [-0.39, 0.29) is 5.25 Å². The maximum Gasteiger partial charge on any atom is 0.202 e. The fourth-order valence-corrected chi connectivity index (χ4v) is 1.69. The molecule has 1 heterocycles. The van der Waals surface area contributed by atoms with E-state index in [2.05, 4.69) is 28.7 Å². The van der Waals surface area contributed by atoms with Crippen LogP contribution >= 0.6 is 0 Å². The van der Waals surface area contributed by atoms with Crippen molar-refractivity contribution in [1.82, 2.24) is 9.55 Å². The predicted molar refractivity (Wildman–Crippen MR) is 69.1 cm³/mol. The predicted octanol–water partition coefficient (Wildman–Crippen LogP) is 1.72. The molecule has 0 aromatic carbocycles. The summed E-state index contributed by atoms with van der Waals surface area (Å²) >= 11 is 0. The second-order valence-corrected chi connectivity index (χ2v) is 6.29. The number of nitrogens with one attached hydrogen (secondary N) is 1. The van der Waals surface area contributed by atoms with Crippen LogP contribution in [0.2, 0.25) is 0 Å². The van der Waals surface area contributed by atoms with Crippen LogP contribution in [0.15, 0.2) is 12.4 Å². The van der Waals surface area contributed by atoms with Crippen LogP contribution in [0.5, 0.6) is 0 Å². The van der Waals surface area contributed by atoms with Gasteiger partial charge < -0.3 is 9.88 Å². The Hall–Kier alpha value is -0.840. The highest BCUT2D eigenvalue weighted by Crippen LogP contribution is 2.08. The molecule has 0 aliphatic rings. The number of imidazole rings is 1. The third-order valence-electron chi connectivity index (χ3n) is 2.39. The fraction of sp³-hybridized carbons (Fsp3) is 0.727. The molecule has 5 heteroatoms. The Kier molecular flexibility index (Phi) is 4.99. The molecule has 2 unspecified atom stereocenters. The van der Waals surface area contributed by atoms with Gasteiger partial charge in [0.2, 0.25) is 5.95 Å². The Labute approximate surface area is 99.9 Å². The Bertz CT molecular complexity index is 349. The lowest BCUT2D eigenvalue weighted by atomic mass is 10.2. The van der Waals surface area contributed by atoms with Gasteiger partial charge in [-0.15, -0.1) is 0 Å². The normalized spacial score (nSPS) is 15.1. The second-order valence-electron chi connectivity index (χ2n) is 4.49. The minimum atomic E-state index is -0.789. The zero-order valence-electron chi connectivity index (χ0n) is 10.4. The van der Waals surface area contributed by atoms with Gasteiger partial charge in [0.25, 0.3) is 0 Å². The first-order chi connectivity index (χ1) is 7.50. The molecule has 0 aliphatic carbocycles. The second kappa shape index (κ2) is 6.03. The zero-order valence-corrected chi connectivity index (χ0v) is 11.3. The highest BCUT2D eigenvalue weighted by molar-refractivity contribution is 7.84. The molecule has 1 N–H and O–H groups in total.